The van der Waals surface area contributed by atoms with Gasteiger partial charge in [0.15, 0.2) is 8.32 Å². The molecule has 1 heterocycles. The minimum absolute atomic E-state index is 0.0000597. The molecule has 34 heavy (non-hydrogen) atoms. The van der Waals surface area contributed by atoms with E-state index in [9.17, 15) is 18.5 Å². The maximum Gasteiger partial charge on any atom is 0.297 e. The SMILES string of the molecule is Cc1ccc(S(=O)(=O)OCC2CC(O[Si](C)(C)C(C)(C)C)CN2c2ccccc2[N+](=O)[O-])cc1. The number of aryl methyl sites for hydroxylation is 1. The molecule has 1 aliphatic heterocycles. The third-order valence-corrected chi connectivity index (χ3v) is 12.6. The lowest BCUT2D eigenvalue weighted by molar-refractivity contribution is -0.384. The summed E-state index contributed by atoms with van der Waals surface area (Å²) >= 11 is 0. The number of benzene rings is 2. The molecule has 2 aromatic rings. The van der Waals surface area contributed by atoms with Crippen molar-refractivity contribution < 1.29 is 22.0 Å². The Balaban J connectivity index is 1.87. The molecule has 0 aliphatic carbocycles. The van der Waals surface area contributed by atoms with Crippen molar-refractivity contribution in [3.63, 3.8) is 0 Å². The maximum atomic E-state index is 12.8. The maximum absolute atomic E-state index is 12.8. The first-order chi connectivity index (χ1) is 15.7. The molecule has 0 aromatic heterocycles. The van der Waals surface area contributed by atoms with Gasteiger partial charge >= 0.3 is 0 Å². The summed E-state index contributed by atoms with van der Waals surface area (Å²) in [6.07, 6.45) is 0.332. The van der Waals surface area contributed by atoms with Crippen LogP contribution in [0.3, 0.4) is 0 Å². The number of hydrogen-bond acceptors (Lipinski definition) is 7. The zero-order valence-corrected chi connectivity index (χ0v) is 22.5. The van der Waals surface area contributed by atoms with E-state index in [2.05, 4.69) is 33.9 Å². The van der Waals surface area contributed by atoms with E-state index in [1.54, 1.807) is 30.3 Å². The lowest BCUT2D eigenvalue weighted by Crippen LogP contribution is -2.44. The largest absolute Gasteiger partial charge is 0.412 e. The van der Waals surface area contributed by atoms with E-state index < -0.39 is 29.4 Å². The lowest BCUT2D eigenvalue weighted by Gasteiger charge is -2.38. The standard InChI is InChI=1S/C24H34N2O6SSi/c1-18-11-13-21(14-12-18)33(29,30)31-17-19-15-20(32-34(5,6)24(2,3)4)16-25(19)22-9-7-8-10-23(22)26(27)28/h7-14,19-20H,15-17H2,1-6H3. The molecule has 0 radical (unpaired) electrons. The molecule has 2 aromatic carbocycles. The van der Waals surface area contributed by atoms with Crippen molar-refractivity contribution in [1.29, 1.82) is 0 Å². The van der Waals surface area contributed by atoms with Gasteiger partial charge in [-0.25, -0.2) is 0 Å². The van der Waals surface area contributed by atoms with Crippen LogP contribution in [0, 0.1) is 17.0 Å². The van der Waals surface area contributed by atoms with Crippen LogP contribution in [-0.2, 0) is 18.7 Å². The minimum atomic E-state index is -3.97. The number of rotatable bonds is 8. The van der Waals surface area contributed by atoms with Crippen LogP contribution >= 0.6 is 0 Å². The first-order valence-electron chi connectivity index (χ1n) is 11.4. The Morgan fingerprint density at radius 2 is 1.74 bits per heavy atom. The van der Waals surface area contributed by atoms with E-state index in [4.69, 9.17) is 8.61 Å². The fourth-order valence-corrected chi connectivity index (χ4v) is 6.11. The average molecular weight is 507 g/mol. The molecule has 1 saturated heterocycles. The molecule has 10 heteroatoms. The van der Waals surface area contributed by atoms with E-state index in [0.717, 1.165) is 5.56 Å². The number of hydrogen-bond donors (Lipinski definition) is 0. The molecule has 1 aliphatic rings. The van der Waals surface area contributed by atoms with Crippen LogP contribution in [0.5, 0.6) is 0 Å². The second kappa shape index (κ2) is 9.77. The van der Waals surface area contributed by atoms with Crippen LogP contribution in [0.2, 0.25) is 18.1 Å². The number of para-hydroxylation sites is 2. The summed E-state index contributed by atoms with van der Waals surface area (Å²) in [4.78, 5) is 13.2. The van der Waals surface area contributed by atoms with Gasteiger partial charge in [-0.05, 0) is 49.7 Å². The van der Waals surface area contributed by atoms with Gasteiger partial charge in [-0.2, -0.15) is 8.42 Å². The van der Waals surface area contributed by atoms with E-state index in [1.807, 2.05) is 11.8 Å². The number of anilines is 1. The molecule has 1 fully saturated rings. The van der Waals surface area contributed by atoms with E-state index in [1.165, 1.54) is 18.2 Å². The van der Waals surface area contributed by atoms with Crippen molar-refractivity contribution in [2.24, 2.45) is 0 Å². The van der Waals surface area contributed by atoms with Gasteiger partial charge in [-0.1, -0.05) is 50.6 Å². The third-order valence-electron chi connectivity index (χ3n) is 6.76. The third kappa shape index (κ3) is 5.86. The molecule has 2 atom stereocenters. The molecule has 8 nitrogen and oxygen atoms in total. The van der Waals surface area contributed by atoms with E-state index in [-0.39, 0.29) is 28.3 Å². The number of nitrogens with zero attached hydrogens (tertiary/aromatic N) is 2. The summed E-state index contributed by atoms with van der Waals surface area (Å²) in [6, 6.07) is 12.6. The minimum Gasteiger partial charge on any atom is -0.412 e. The highest BCUT2D eigenvalue weighted by molar-refractivity contribution is 7.86. The molecule has 0 amide bonds. The van der Waals surface area contributed by atoms with Crippen LogP contribution < -0.4 is 4.90 Å². The Bertz CT molecular complexity index is 1130. The van der Waals surface area contributed by atoms with Gasteiger partial charge in [0.05, 0.1) is 28.6 Å². The summed E-state index contributed by atoms with van der Waals surface area (Å²) < 4.78 is 37.6. The van der Waals surface area contributed by atoms with Crippen LogP contribution in [0.4, 0.5) is 11.4 Å². The van der Waals surface area contributed by atoms with Gasteiger partial charge in [0, 0.05) is 12.6 Å². The Morgan fingerprint density at radius 1 is 1.12 bits per heavy atom. The molecule has 186 valence electrons. The fraction of sp³-hybridized carbons (Fsp3) is 0.500. The van der Waals surface area contributed by atoms with Gasteiger partial charge in [-0.15, -0.1) is 0 Å². The molecule has 0 N–H and O–H groups in total. The van der Waals surface area contributed by atoms with Crippen LogP contribution in [-0.4, -0.2) is 47.0 Å². The van der Waals surface area contributed by atoms with Crippen molar-refractivity contribution in [3.05, 3.63) is 64.2 Å². The smallest absolute Gasteiger partial charge is 0.297 e. The zero-order valence-electron chi connectivity index (χ0n) is 20.6. The van der Waals surface area contributed by atoms with Gasteiger partial charge < -0.3 is 9.33 Å². The normalized spacial score (nSPS) is 19.4. The first-order valence-corrected chi connectivity index (χ1v) is 15.7. The van der Waals surface area contributed by atoms with Crippen molar-refractivity contribution in [1.82, 2.24) is 0 Å². The highest BCUT2D eigenvalue weighted by atomic mass is 32.2. The fourth-order valence-electron chi connectivity index (χ4n) is 3.81. The predicted molar refractivity (Wildman–Crippen MR) is 135 cm³/mol. The molecular weight excluding hydrogens is 472 g/mol. The first kappa shape index (κ1) is 26.3. The van der Waals surface area contributed by atoms with Crippen molar-refractivity contribution >= 4 is 29.8 Å². The molecule has 0 spiro atoms. The second-order valence-corrected chi connectivity index (χ2v) is 16.7. The van der Waals surface area contributed by atoms with E-state index in [0.29, 0.717) is 18.7 Å². The summed E-state index contributed by atoms with van der Waals surface area (Å²) in [7, 11) is -6.07. The quantitative estimate of drug-likeness (QED) is 0.208. The molecular formula is C24H34N2O6SSi. The average Bonchev–Trinajstić information content (AvgIpc) is 3.13. The number of nitro groups is 1. The van der Waals surface area contributed by atoms with Gasteiger partial charge in [0.1, 0.15) is 5.69 Å². The predicted octanol–water partition coefficient (Wildman–Crippen LogP) is 5.28. The monoisotopic (exact) mass is 506 g/mol. The highest BCUT2D eigenvalue weighted by Crippen LogP contribution is 2.40. The lowest BCUT2D eigenvalue weighted by atomic mass is 10.2. The Kier molecular flexibility index (Phi) is 7.56. The van der Waals surface area contributed by atoms with Crippen molar-refractivity contribution in [2.45, 2.75) is 69.3 Å². The summed E-state index contributed by atoms with van der Waals surface area (Å²) in [5, 5.41) is 11.7. The van der Waals surface area contributed by atoms with E-state index >= 15 is 0 Å². The molecule has 2 unspecified atom stereocenters. The van der Waals surface area contributed by atoms with Crippen LogP contribution in [0.25, 0.3) is 0 Å². The van der Waals surface area contributed by atoms with Gasteiger partial charge in [0.2, 0.25) is 0 Å². The highest BCUT2D eigenvalue weighted by Gasteiger charge is 2.43. The Hall–Kier alpha value is -2.27. The Labute approximate surface area is 203 Å². The number of nitro benzene ring substituents is 1. The van der Waals surface area contributed by atoms with Crippen LogP contribution in [0.15, 0.2) is 53.4 Å². The summed E-state index contributed by atoms with van der Waals surface area (Å²) in [5.74, 6) is 0. The summed E-state index contributed by atoms with van der Waals surface area (Å²) in [6.45, 7) is 13.0. The van der Waals surface area contributed by atoms with Crippen LogP contribution in [0.1, 0.15) is 32.8 Å². The van der Waals surface area contributed by atoms with Gasteiger partial charge in [-0.3, -0.25) is 14.3 Å². The second-order valence-electron chi connectivity index (χ2n) is 10.3. The summed E-state index contributed by atoms with van der Waals surface area (Å²) in [5.41, 5.74) is 1.36. The van der Waals surface area contributed by atoms with Gasteiger partial charge in [0.25, 0.3) is 15.8 Å². The zero-order chi connectivity index (χ0) is 25.3. The molecule has 3 rings (SSSR count). The Morgan fingerprint density at radius 3 is 2.32 bits per heavy atom. The molecule has 0 bridgehead atoms. The molecule has 0 saturated carbocycles. The van der Waals surface area contributed by atoms with Crippen molar-refractivity contribution in [2.75, 3.05) is 18.1 Å². The van der Waals surface area contributed by atoms with Crippen molar-refractivity contribution in [3.8, 4) is 0 Å². The topological polar surface area (TPSA) is 99.0 Å².